The third-order valence-corrected chi connectivity index (χ3v) is 2.75. The van der Waals surface area contributed by atoms with Crippen LogP contribution in [0.5, 0.6) is 0 Å². The Morgan fingerprint density at radius 2 is 2.12 bits per heavy atom. The lowest BCUT2D eigenvalue weighted by Gasteiger charge is -2.36. The SMILES string of the molecule is CCC1C(=O)NC(=O)CN1C(=O)C(C)(C)Br. The second-order valence-corrected chi connectivity index (χ2v) is 6.22. The van der Waals surface area contributed by atoms with Crippen LogP contribution in [0.2, 0.25) is 0 Å². The van der Waals surface area contributed by atoms with Crippen molar-refractivity contribution in [2.24, 2.45) is 0 Å². The lowest BCUT2D eigenvalue weighted by atomic mass is 10.1. The highest BCUT2D eigenvalue weighted by molar-refractivity contribution is 9.10. The van der Waals surface area contributed by atoms with Crippen LogP contribution in [0.25, 0.3) is 0 Å². The zero-order valence-corrected chi connectivity index (χ0v) is 11.1. The normalized spacial score (nSPS) is 22.0. The van der Waals surface area contributed by atoms with Gasteiger partial charge in [0.2, 0.25) is 17.7 Å². The van der Waals surface area contributed by atoms with E-state index in [-0.39, 0.29) is 12.5 Å². The van der Waals surface area contributed by atoms with Crippen molar-refractivity contribution in [1.29, 1.82) is 0 Å². The van der Waals surface area contributed by atoms with Gasteiger partial charge in [0.1, 0.15) is 12.6 Å². The number of alkyl halides is 1. The second kappa shape index (κ2) is 4.53. The van der Waals surface area contributed by atoms with Crippen molar-refractivity contribution >= 4 is 33.7 Å². The average molecular weight is 291 g/mol. The largest absolute Gasteiger partial charge is 0.320 e. The van der Waals surface area contributed by atoms with Gasteiger partial charge in [0, 0.05) is 0 Å². The monoisotopic (exact) mass is 290 g/mol. The van der Waals surface area contributed by atoms with Crippen LogP contribution in [0.1, 0.15) is 27.2 Å². The predicted octanol–water partition coefficient (Wildman–Crippen LogP) is 0.423. The first-order valence-electron chi connectivity index (χ1n) is 5.11. The quantitative estimate of drug-likeness (QED) is 0.592. The Bertz CT molecular complexity index is 335. The molecule has 1 saturated heterocycles. The highest BCUT2D eigenvalue weighted by Gasteiger charge is 2.40. The lowest BCUT2D eigenvalue weighted by Crippen LogP contribution is -2.61. The van der Waals surface area contributed by atoms with E-state index in [1.807, 2.05) is 6.92 Å². The first-order chi connectivity index (χ1) is 7.27. The molecular formula is C10H15BrN2O3. The number of hydrogen-bond donors (Lipinski definition) is 1. The van der Waals surface area contributed by atoms with Gasteiger partial charge in [-0.2, -0.15) is 0 Å². The number of carbonyl (C=O) groups is 3. The highest BCUT2D eigenvalue weighted by Crippen LogP contribution is 2.22. The molecule has 0 saturated carbocycles. The maximum atomic E-state index is 12.0. The molecule has 1 atom stereocenters. The van der Waals surface area contributed by atoms with Gasteiger partial charge in [-0.05, 0) is 20.3 Å². The fraction of sp³-hybridized carbons (Fsp3) is 0.700. The third kappa shape index (κ3) is 2.61. The molecular weight excluding hydrogens is 276 g/mol. The van der Waals surface area contributed by atoms with Crippen LogP contribution in [-0.4, -0.2) is 39.5 Å². The van der Waals surface area contributed by atoms with Crippen LogP contribution < -0.4 is 5.32 Å². The average Bonchev–Trinajstić information content (AvgIpc) is 2.14. The molecule has 1 unspecified atom stereocenters. The fourth-order valence-corrected chi connectivity index (χ4v) is 1.86. The van der Waals surface area contributed by atoms with Crippen molar-refractivity contribution in [1.82, 2.24) is 10.2 Å². The van der Waals surface area contributed by atoms with Crippen LogP contribution >= 0.6 is 15.9 Å². The molecule has 3 amide bonds. The van der Waals surface area contributed by atoms with Crippen molar-refractivity contribution in [2.45, 2.75) is 37.6 Å². The molecule has 1 aliphatic heterocycles. The lowest BCUT2D eigenvalue weighted by molar-refractivity contribution is -0.150. The molecule has 1 rings (SSSR count). The maximum absolute atomic E-state index is 12.0. The molecule has 6 heteroatoms. The van der Waals surface area contributed by atoms with E-state index in [4.69, 9.17) is 0 Å². The van der Waals surface area contributed by atoms with E-state index >= 15 is 0 Å². The molecule has 1 aliphatic rings. The van der Waals surface area contributed by atoms with Crippen molar-refractivity contribution < 1.29 is 14.4 Å². The van der Waals surface area contributed by atoms with Gasteiger partial charge in [0.25, 0.3) is 0 Å². The molecule has 0 aromatic rings. The summed E-state index contributed by atoms with van der Waals surface area (Å²) in [7, 11) is 0. The molecule has 0 radical (unpaired) electrons. The van der Waals surface area contributed by atoms with Gasteiger partial charge in [-0.1, -0.05) is 22.9 Å². The standard InChI is InChI=1S/C10H15BrN2O3/c1-4-6-8(15)12-7(14)5-13(6)9(16)10(2,3)11/h6H,4-5H2,1-3H3,(H,12,14,15). The van der Waals surface area contributed by atoms with Crippen molar-refractivity contribution in [3.05, 3.63) is 0 Å². The van der Waals surface area contributed by atoms with Gasteiger partial charge in [0.15, 0.2) is 0 Å². The summed E-state index contributed by atoms with van der Waals surface area (Å²) < 4.78 is -0.766. The third-order valence-electron chi connectivity index (χ3n) is 2.41. The molecule has 1 heterocycles. The van der Waals surface area contributed by atoms with Crippen molar-refractivity contribution in [3.63, 3.8) is 0 Å². The van der Waals surface area contributed by atoms with E-state index in [9.17, 15) is 14.4 Å². The Hall–Kier alpha value is -0.910. The Kier molecular flexibility index (Phi) is 3.72. The summed E-state index contributed by atoms with van der Waals surface area (Å²) in [6.07, 6.45) is 0.494. The summed E-state index contributed by atoms with van der Waals surface area (Å²) in [4.78, 5) is 36.1. The van der Waals surface area contributed by atoms with E-state index < -0.39 is 22.2 Å². The minimum absolute atomic E-state index is 0.0574. The van der Waals surface area contributed by atoms with Gasteiger partial charge >= 0.3 is 0 Å². The number of piperazine rings is 1. The molecule has 0 aromatic heterocycles. The summed E-state index contributed by atoms with van der Waals surface area (Å²) in [5.74, 6) is -1.08. The zero-order valence-electron chi connectivity index (χ0n) is 9.54. The van der Waals surface area contributed by atoms with Crippen molar-refractivity contribution in [3.8, 4) is 0 Å². The molecule has 0 aromatic carbocycles. The molecule has 16 heavy (non-hydrogen) atoms. The number of imide groups is 1. The molecule has 5 nitrogen and oxygen atoms in total. The number of hydrogen-bond acceptors (Lipinski definition) is 3. The minimum atomic E-state index is -0.766. The number of carbonyl (C=O) groups excluding carboxylic acids is 3. The van der Waals surface area contributed by atoms with Crippen LogP contribution in [-0.2, 0) is 14.4 Å². The maximum Gasteiger partial charge on any atom is 0.249 e. The Balaban J connectivity index is 2.95. The van der Waals surface area contributed by atoms with Crippen LogP contribution in [0.4, 0.5) is 0 Å². The number of amides is 3. The first kappa shape index (κ1) is 13.2. The fourth-order valence-electron chi connectivity index (χ4n) is 1.63. The number of halogens is 1. The highest BCUT2D eigenvalue weighted by atomic mass is 79.9. The summed E-state index contributed by atoms with van der Waals surface area (Å²) in [5.41, 5.74) is 0. The van der Waals surface area contributed by atoms with Crippen molar-refractivity contribution in [2.75, 3.05) is 6.54 Å². The minimum Gasteiger partial charge on any atom is -0.320 e. The smallest absolute Gasteiger partial charge is 0.249 e. The Morgan fingerprint density at radius 3 is 2.56 bits per heavy atom. The summed E-state index contributed by atoms with van der Waals surface area (Å²) in [5, 5.41) is 2.23. The van der Waals surface area contributed by atoms with Crippen LogP contribution in [0, 0.1) is 0 Å². The van der Waals surface area contributed by atoms with E-state index in [1.54, 1.807) is 13.8 Å². The van der Waals surface area contributed by atoms with Gasteiger partial charge in [0.05, 0.1) is 4.32 Å². The molecule has 90 valence electrons. The zero-order chi connectivity index (χ0) is 12.5. The molecule has 1 N–H and O–H groups in total. The summed E-state index contributed by atoms with van der Waals surface area (Å²) in [6.45, 7) is 5.14. The van der Waals surface area contributed by atoms with E-state index in [0.29, 0.717) is 6.42 Å². The summed E-state index contributed by atoms with van der Waals surface area (Å²) in [6, 6.07) is -0.554. The van der Waals surface area contributed by atoms with Gasteiger partial charge in [-0.25, -0.2) is 0 Å². The molecule has 1 fully saturated rings. The van der Waals surface area contributed by atoms with Crippen LogP contribution in [0.3, 0.4) is 0 Å². The van der Waals surface area contributed by atoms with E-state index in [1.165, 1.54) is 4.90 Å². The van der Waals surface area contributed by atoms with Gasteiger partial charge < -0.3 is 4.90 Å². The summed E-state index contributed by atoms with van der Waals surface area (Å²) >= 11 is 3.24. The second-order valence-electron chi connectivity index (χ2n) is 4.24. The van der Waals surface area contributed by atoms with Gasteiger partial charge in [-0.3, -0.25) is 19.7 Å². The van der Waals surface area contributed by atoms with E-state index in [0.717, 1.165) is 0 Å². The Labute approximate surface area is 103 Å². The Morgan fingerprint density at radius 1 is 1.56 bits per heavy atom. The molecule has 0 spiro atoms. The van der Waals surface area contributed by atoms with Gasteiger partial charge in [-0.15, -0.1) is 0 Å². The predicted molar refractivity (Wildman–Crippen MR) is 61.9 cm³/mol. The topological polar surface area (TPSA) is 66.5 Å². The number of rotatable bonds is 2. The first-order valence-corrected chi connectivity index (χ1v) is 5.90. The van der Waals surface area contributed by atoms with E-state index in [2.05, 4.69) is 21.2 Å². The van der Waals surface area contributed by atoms with Crippen LogP contribution in [0.15, 0.2) is 0 Å². The number of nitrogens with zero attached hydrogens (tertiary/aromatic N) is 1. The number of nitrogens with one attached hydrogen (secondary N) is 1. The molecule has 0 aliphatic carbocycles. The molecule has 0 bridgehead atoms.